The van der Waals surface area contributed by atoms with Crippen molar-refractivity contribution < 1.29 is 14.6 Å². The predicted octanol–water partition coefficient (Wildman–Crippen LogP) is 2.59. The van der Waals surface area contributed by atoms with E-state index < -0.39 is 5.97 Å². The van der Waals surface area contributed by atoms with Gasteiger partial charge in [-0.15, -0.1) is 0 Å². The number of carboxylic acids is 1. The number of benzene rings is 1. The smallest absolute Gasteiger partial charge is 0.303 e. The molecular weight excluding hydrogens is 230 g/mol. The molecular formula is C14H17NO3. The van der Waals surface area contributed by atoms with Crippen LogP contribution in [0.2, 0.25) is 0 Å². The van der Waals surface area contributed by atoms with E-state index >= 15 is 0 Å². The van der Waals surface area contributed by atoms with Gasteiger partial charge in [0.05, 0.1) is 12.6 Å². The van der Waals surface area contributed by atoms with Crippen LogP contribution >= 0.6 is 0 Å². The minimum atomic E-state index is -0.743. The number of methoxy groups -OCH3 is 1. The summed E-state index contributed by atoms with van der Waals surface area (Å²) in [7, 11) is 3.64. The van der Waals surface area contributed by atoms with Gasteiger partial charge in [0, 0.05) is 25.1 Å². The zero-order chi connectivity index (χ0) is 13.1. The fourth-order valence-corrected chi connectivity index (χ4v) is 2.31. The molecule has 0 atom stereocenters. The van der Waals surface area contributed by atoms with Crippen LogP contribution in [0, 0.1) is 0 Å². The molecule has 2 rings (SSSR count). The molecule has 4 heteroatoms. The van der Waals surface area contributed by atoms with Crippen LogP contribution in [-0.2, 0) is 18.3 Å². The number of para-hydroxylation sites is 1. The number of carboxylic acid groups (broad SMARTS) is 1. The standard InChI is InChI=1S/C14H17NO3/c1-15-9-10(5-3-8-13(16)17)11-6-4-7-12(18-2)14(11)15/h4,6-7,9H,3,5,8H2,1-2H3,(H,16,17). The third-order valence-corrected chi connectivity index (χ3v) is 3.10. The number of ether oxygens (including phenoxy) is 1. The topological polar surface area (TPSA) is 51.5 Å². The molecule has 0 saturated heterocycles. The highest BCUT2D eigenvalue weighted by atomic mass is 16.5. The number of aliphatic carboxylic acids is 1. The van der Waals surface area contributed by atoms with Crippen LogP contribution < -0.4 is 4.74 Å². The summed E-state index contributed by atoms with van der Waals surface area (Å²) in [5.74, 6) is 0.104. The number of rotatable bonds is 5. The van der Waals surface area contributed by atoms with Gasteiger partial charge in [0.25, 0.3) is 0 Å². The lowest BCUT2D eigenvalue weighted by Gasteiger charge is -2.04. The van der Waals surface area contributed by atoms with Crippen molar-refractivity contribution in [1.29, 1.82) is 0 Å². The molecule has 1 aromatic carbocycles. The summed E-state index contributed by atoms with van der Waals surface area (Å²) in [4.78, 5) is 10.5. The van der Waals surface area contributed by atoms with Crippen LogP contribution in [0.5, 0.6) is 5.75 Å². The van der Waals surface area contributed by atoms with E-state index in [-0.39, 0.29) is 6.42 Å². The van der Waals surface area contributed by atoms with Crippen LogP contribution in [0.3, 0.4) is 0 Å². The molecule has 0 aliphatic heterocycles. The molecule has 1 aromatic heterocycles. The first-order chi connectivity index (χ1) is 8.63. The van der Waals surface area contributed by atoms with E-state index in [0.29, 0.717) is 6.42 Å². The Kier molecular flexibility index (Phi) is 3.55. The number of aryl methyl sites for hydroxylation is 2. The maximum absolute atomic E-state index is 10.5. The van der Waals surface area contributed by atoms with Crippen molar-refractivity contribution in [3.8, 4) is 5.75 Å². The molecule has 2 aromatic rings. The van der Waals surface area contributed by atoms with Gasteiger partial charge in [0.15, 0.2) is 0 Å². The summed E-state index contributed by atoms with van der Waals surface area (Å²) in [6, 6.07) is 5.94. The average Bonchev–Trinajstić information content (AvgIpc) is 2.66. The van der Waals surface area contributed by atoms with E-state index in [4.69, 9.17) is 9.84 Å². The Morgan fingerprint density at radius 2 is 2.22 bits per heavy atom. The third-order valence-electron chi connectivity index (χ3n) is 3.10. The Balaban J connectivity index is 2.32. The highest BCUT2D eigenvalue weighted by Gasteiger charge is 2.10. The van der Waals surface area contributed by atoms with E-state index in [0.717, 1.165) is 23.1 Å². The molecule has 0 saturated carbocycles. The van der Waals surface area contributed by atoms with Gasteiger partial charge < -0.3 is 14.4 Å². The van der Waals surface area contributed by atoms with Gasteiger partial charge in [-0.3, -0.25) is 4.79 Å². The van der Waals surface area contributed by atoms with Gasteiger partial charge >= 0.3 is 5.97 Å². The zero-order valence-corrected chi connectivity index (χ0v) is 10.6. The van der Waals surface area contributed by atoms with Crippen molar-refractivity contribution in [3.63, 3.8) is 0 Å². The second-order valence-electron chi connectivity index (χ2n) is 4.37. The van der Waals surface area contributed by atoms with Gasteiger partial charge in [-0.2, -0.15) is 0 Å². The number of nitrogens with zero attached hydrogens (tertiary/aromatic N) is 1. The summed E-state index contributed by atoms with van der Waals surface area (Å²) in [6.07, 6.45) is 3.69. The second kappa shape index (κ2) is 5.12. The van der Waals surface area contributed by atoms with Gasteiger partial charge in [0.1, 0.15) is 5.75 Å². The van der Waals surface area contributed by atoms with Crippen LogP contribution in [0.25, 0.3) is 10.9 Å². The molecule has 0 fully saturated rings. The van der Waals surface area contributed by atoms with Crippen LogP contribution in [0.15, 0.2) is 24.4 Å². The maximum Gasteiger partial charge on any atom is 0.303 e. The van der Waals surface area contributed by atoms with E-state index in [9.17, 15) is 4.79 Å². The molecule has 0 unspecified atom stereocenters. The number of fused-ring (bicyclic) bond motifs is 1. The molecule has 0 spiro atoms. The first-order valence-corrected chi connectivity index (χ1v) is 5.96. The first-order valence-electron chi connectivity index (χ1n) is 5.96. The maximum atomic E-state index is 10.5. The predicted molar refractivity (Wildman–Crippen MR) is 70.0 cm³/mol. The Labute approximate surface area is 106 Å². The quantitative estimate of drug-likeness (QED) is 0.883. The van der Waals surface area contributed by atoms with Crippen molar-refractivity contribution in [2.24, 2.45) is 7.05 Å². The highest BCUT2D eigenvalue weighted by Crippen LogP contribution is 2.29. The van der Waals surface area contributed by atoms with E-state index in [2.05, 4.69) is 6.20 Å². The summed E-state index contributed by atoms with van der Waals surface area (Å²) >= 11 is 0. The summed E-state index contributed by atoms with van der Waals surface area (Å²) in [5.41, 5.74) is 2.23. The van der Waals surface area contributed by atoms with Gasteiger partial charge in [-0.05, 0) is 24.5 Å². The molecule has 18 heavy (non-hydrogen) atoms. The molecule has 96 valence electrons. The minimum absolute atomic E-state index is 0.209. The number of carbonyl (C=O) groups is 1. The van der Waals surface area contributed by atoms with E-state index in [1.165, 1.54) is 5.56 Å². The lowest BCUT2D eigenvalue weighted by atomic mass is 10.1. The Morgan fingerprint density at radius 1 is 1.44 bits per heavy atom. The van der Waals surface area contributed by atoms with Crippen molar-refractivity contribution in [2.75, 3.05) is 7.11 Å². The summed E-state index contributed by atoms with van der Waals surface area (Å²) in [5, 5.41) is 9.81. The summed E-state index contributed by atoms with van der Waals surface area (Å²) < 4.78 is 7.38. The molecule has 0 radical (unpaired) electrons. The molecule has 0 aliphatic rings. The number of aromatic nitrogens is 1. The Bertz CT molecular complexity index is 572. The Hall–Kier alpha value is -1.97. The fourth-order valence-electron chi connectivity index (χ4n) is 2.31. The SMILES string of the molecule is COc1cccc2c(CCCC(=O)O)cn(C)c12. The molecule has 0 amide bonds. The molecule has 0 bridgehead atoms. The largest absolute Gasteiger partial charge is 0.495 e. The average molecular weight is 247 g/mol. The minimum Gasteiger partial charge on any atom is -0.495 e. The van der Waals surface area contributed by atoms with Crippen molar-refractivity contribution in [3.05, 3.63) is 30.0 Å². The van der Waals surface area contributed by atoms with E-state index in [1.54, 1.807) is 7.11 Å². The molecule has 0 aliphatic carbocycles. The first kappa shape index (κ1) is 12.5. The van der Waals surface area contributed by atoms with Crippen LogP contribution in [0.4, 0.5) is 0 Å². The second-order valence-corrected chi connectivity index (χ2v) is 4.37. The number of hydrogen-bond donors (Lipinski definition) is 1. The van der Waals surface area contributed by atoms with E-state index in [1.807, 2.05) is 29.8 Å². The van der Waals surface area contributed by atoms with Gasteiger partial charge in [-0.25, -0.2) is 0 Å². The van der Waals surface area contributed by atoms with Crippen LogP contribution in [0.1, 0.15) is 18.4 Å². The lowest BCUT2D eigenvalue weighted by molar-refractivity contribution is -0.137. The van der Waals surface area contributed by atoms with Crippen molar-refractivity contribution in [1.82, 2.24) is 4.57 Å². The molecule has 1 N–H and O–H groups in total. The molecule has 4 nitrogen and oxygen atoms in total. The molecule has 1 heterocycles. The monoisotopic (exact) mass is 247 g/mol. The normalized spacial score (nSPS) is 10.8. The van der Waals surface area contributed by atoms with Crippen molar-refractivity contribution in [2.45, 2.75) is 19.3 Å². The van der Waals surface area contributed by atoms with Crippen LogP contribution in [-0.4, -0.2) is 22.8 Å². The number of hydrogen-bond acceptors (Lipinski definition) is 2. The lowest BCUT2D eigenvalue weighted by Crippen LogP contribution is -1.95. The van der Waals surface area contributed by atoms with Gasteiger partial charge in [0.2, 0.25) is 0 Å². The summed E-state index contributed by atoms with van der Waals surface area (Å²) in [6.45, 7) is 0. The van der Waals surface area contributed by atoms with Crippen molar-refractivity contribution >= 4 is 16.9 Å². The van der Waals surface area contributed by atoms with Gasteiger partial charge in [-0.1, -0.05) is 12.1 Å². The third kappa shape index (κ3) is 2.32. The highest BCUT2D eigenvalue weighted by molar-refractivity contribution is 5.89. The fraction of sp³-hybridized carbons (Fsp3) is 0.357. The zero-order valence-electron chi connectivity index (χ0n) is 10.6. The Morgan fingerprint density at radius 3 is 2.89 bits per heavy atom.